The zero-order chi connectivity index (χ0) is 18.8. The molecule has 0 aliphatic carbocycles. The molecule has 2 rings (SSSR count). The van der Waals surface area contributed by atoms with E-state index in [2.05, 4.69) is 70.9 Å². The highest BCUT2D eigenvalue weighted by atomic mass is 15.3. The van der Waals surface area contributed by atoms with Gasteiger partial charge in [0.15, 0.2) is 5.96 Å². The maximum atomic E-state index is 4.33. The van der Waals surface area contributed by atoms with Gasteiger partial charge in [0.25, 0.3) is 0 Å². The van der Waals surface area contributed by atoms with E-state index in [0.29, 0.717) is 6.04 Å². The van der Waals surface area contributed by atoms with Gasteiger partial charge in [-0.25, -0.2) is 0 Å². The van der Waals surface area contributed by atoms with Crippen LogP contribution >= 0.6 is 0 Å². The fourth-order valence-corrected chi connectivity index (χ4v) is 2.87. The second kappa shape index (κ2) is 10.6. The number of hydrogen-bond donors (Lipinski definition) is 2. The van der Waals surface area contributed by atoms with E-state index in [1.807, 2.05) is 30.2 Å². The Kier molecular flexibility index (Phi) is 8.15. The van der Waals surface area contributed by atoms with Crippen LogP contribution in [0.2, 0.25) is 0 Å². The lowest BCUT2D eigenvalue weighted by Gasteiger charge is -2.26. The average molecular weight is 357 g/mol. The van der Waals surface area contributed by atoms with Gasteiger partial charge in [0.1, 0.15) is 0 Å². The highest BCUT2D eigenvalue weighted by molar-refractivity contribution is 5.79. The quantitative estimate of drug-likeness (QED) is 0.411. The van der Waals surface area contributed by atoms with E-state index in [-0.39, 0.29) is 0 Å². The van der Waals surface area contributed by atoms with Crippen molar-refractivity contribution in [2.45, 2.75) is 32.4 Å². The minimum atomic E-state index is 0.295. The van der Waals surface area contributed by atoms with E-state index in [4.69, 9.17) is 0 Å². The van der Waals surface area contributed by atoms with Gasteiger partial charge in [-0.2, -0.15) is 5.10 Å². The van der Waals surface area contributed by atoms with E-state index in [1.54, 1.807) is 0 Å². The number of aliphatic imine (C=N–C) groups is 1. The number of nitrogens with zero attached hydrogens (tertiary/aromatic N) is 4. The van der Waals surface area contributed by atoms with Gasteiger partial charge in [-0.05, 0) is 44.1 Å². The summed E-state index contributed by atoms with van der Waals surface area (Å²) in [7, 11) is 6.03. The molecule has 26 heavy (non-hydrogen) atoms. The number of guanidine groups is 1. The fourth-order valence-electron chi connectivity index (χ4n) is 2.87. The molecular weight excluding hydrogens is 324 g/mol. The lowest BCUT2D eigenvalue weighted by molar-refractivity contribution is 0.298. The summed E-state index contributed by atoms with van der Waals surface area (Å²) < 4.78 is 1.94. The molecule has 6 nitrogen and oxygen atoms in total. The van der Waals surface area contributed by atoms with Crippen LogP contribution in [-0.2, 0) is 13.0 Å². The Morgan fingerprint density at radius 3 is 2.58 bits per heavy atom. The number of rotatable bonds is 9. The Hall–Kier alpha value is -2.34. The van der Waals surface area contributed by atoms with Gasteiger partial charge in [-0.1, -0.05) is 31.2 Å². The predicted octanol–water partition coefficient (Wildman–Crippen LogP) is 2.30. The Balaban J connectivity index is 1.81. The summed E-state index contributed by atoms with van der Waals surface area (Å²) in [6, 6.07) is 11.1. The summed E-state index contributed by atoms with van der Waals surface area (Å²) in [6.07, 6.45) is 5.86. The second-order valence-electron chi connectivity index (χ2n) is 6.58. The molecule has 0 aliphatic heterocycles. The summed E-state index contributed by atoms with van der Waals surface area (Å²) in [5, 5.41) is 11.0. The van der Waals surface area contributed by atoms with Crippen LogP contribution in [0, 0.1) is 0 Å². The van der Waals surface area contributed by atoms with E-state index in [1.165, 1.54) is 11.1 Å². The molecule has 1 aromatic heterocycles. The molecule has 2 aromatic rings. The van der Waals surface area contributed by atoms with Crippen molar-refractivity contribution < 1.29 is 0 Å². The first-order valence-corrected chi connectivity index (χ1v) is 9.31. The monoisotopic (exact) mass is 356 g/mol. The van der Waals surface area contributed by atoms with Crippen LogP contribution in [0.5, 0.6) is 0 Å². The zero-order valence-corrected chi connectivity index (χ0v) is 16.4. The maximum absolute atomic E-state index is 4.33. The smallest absolute Gasteiger partial charge is 0.191 e. The molecular formula is C20H32N6. The molecule has 1 atom stereocenters. The van der Waals surface area contributed by atoms with Crippen molar-refractivity contribution >= 4 is 5.96 Å². The normalized spacial score (nSPS) is 13.0. The van der Waals surface area contributed by atoms with Gasteiger partial charge >= 0.3 is 0 Å². The molecule has 2 N–H and O–H groups in total. The summed E-state index contributed by atoms with van der Waals surface area (Å²) in [5.41, 5.74) is 2.68. The maximum Gasteiger partial charge on any atom is 0.191 e. The summed E-state index contributed by atoms with van der Waals surface area (Å²) in [5.74, 6) is 0.836. The predicted molar refractivity (Wildman–Crippen MR) is 108 cm³/mol. The molecule has 0 fully saturated rings. The summed E-state index contributed by atoms with van der Waals surface area (Å²) in [6.45, 7) is 4.75. The van der Waals surface area contributed by atoms with Gasteiger partial charge in [0.2, 0.25) is 0 Å². The fraction of sp³-hybridized carbons (Fsp3) is 0.500. The second-order valence-corrected chi connectivity index (χ2v) is 6.58. The van der Waals surface area contributed by atoms with E-state index < -0.39 is 0 Å². The van der Waals surface area contributed by atoms with Gasteiger partial charge in [-0.15, -0.1) is 0 Å². The number of nitrogens with one attached hydrogen (secondary N) is 2. The third-order valence-corrected chi connectivity index (χ3v) is 4.50. The topological polar surface area (TPSA) is 57.5 Å². The van der Waals surface area contributed by atoms with Crippen LogP contribution in [0.25, 0.3) is 0 Å². The third kappa shape index (κ3) is 6.19. The highest BCUT2D eigenvalue weighted by Gasteiger charge is 2.14. The minimum absolute atomic E-state index is 0.295. The Bertz CT molecular complexity index is 645. The molecule has 6 heteroatoms. The van der Waals surface area contributed by atoms with Crippen LogP contribution in [0.4, 0.5) is 0 Å². The Morgan fingerprint density at radius 2 is 2.00 bits per heavy atom. The first-order valence-electron chi connectivity index (χ1n) is 9.31. The van der Waals surface area contributed by atoms with Gasteiger partial charge < -0.3 is 15.5 Å². The standard InChI is InChI=1S/C20H32N6/c1-5-17-8-10-18(11-9-17)19(25(3)4)16-23-20(21-2)22-12-6-14-26-15-7-13-24-26/h7-11,13,15,19H,5-6,12,14,16H2,1-4H3,(H2,21,22,23). The first kappa shape index (κ1) is 20.0. The molecule has 0 radical (unpaired) electrons. The number of benzene rings is 1. The SMILES string of the molecule is CCc1ccc(C(CNC(=NC)NCCCn2cccn2)N(C)C)cc1. The highest BCUT2D eigenvalue weighted by Crippen LogP contribution is 2.18. The molecule has 0 amide bonds. The van der Waals surface area contributed by atoms with Crippen molar-refractivity contribution in [1.29, 1.82) is 0 Å². The number of likely N-dealkylation sites (N-methyl/N-ethyl adjacent to an activating group) is 1. The molecule has 1 heterocycles. The number of aryl methyl sites for hydroxylation is 2. The largest absolute Gasteiger partial charge is 0.356 e. The molecule has 0 saturated carbocycles. The van der Waals surface area contributed by atoms with Gasteiger partial charge in [0, 0.05) is 39.1 Å². The Labute approximate surface area is 157 Å². The van der Waals surface area contributed by atoms with Crippen LogP contribution in [0.1, 0.15) is 30.5 Å². The Morgan fingerprint density at radius 1 is 1.23 bits per heavy atom. The van der Waals surface area contributed by atoms with Crippen LogP contribution in [-0.4, -0.2) is 54.9 Å². The number of aromatic nitrogens is 2. The van der Waals surface area contributed by atoms with Crippen LogP contribution in [0.15, 0.2) is 47.7 Å². The lowest BCUT2D eigenvalue weighted by Crippen LogP contribution is -2.42. The minimum Gasteiger partial charge on any atom is -0.356 e. The van der Waals surface area contributed by atoms with Crippen molar-refractivity contribution in [3.63, 3.8) is 0 Å². The van der Waals surface area contributed by atoms with Crippen LogP contribution in [0.3, 0.4) is 0 Å². The lowest BCUT2D eigenvalue weighted by atomic mass is 10.0. The van der Waals surface area contributed by atoms with Crippen LogP contribution < -0.4 is 10.6 Å². The van der Waals surface area contributed by atoms with E-state index in [0.717, 1.165) is 38.4 Å². The third-order valence-electron chi connectivity index (χ3n) is 4.50. The molecule has 0 saturated heterocycles. The van der Waals surface area contributed by atoms with Crippen molar-refractivity contribution in [3.05, 3.63) is 53.9 Å². The van der Waals surface area contributed by atoms with Crippen molar-refractivity contribution in [2.75, 3.05) is 34.2 Å². The summed E-state index contributed by atoms with van der Waals surface area (Å²) >= 11 is 0. The molecule has 0 bridgehead atoms. The average Bonchev–Trinajstić information content (AvgIpc) is 3.17. The molecule has 1 unspecified atom stereocenters. The molecule has 0 spiro atoms. The van der Waals surface area contributed by atoms with E-state index >= 15 is 0 Å². The summed E-state index contributed by atoms with van der Waals surface area (Å²) in [4.78, 5) is 6.56. The molecule has 1 aromatic carbocycles. The molecule has 142 valence electrons. The van der Waals surface area contributed by atoms with E-state index in [9.17, 15) is 0 Å². The first-order chi connectivity index (χ1) is 12.6. The van der Waals surface area contributed by atoms with Crippen molar-refractivity contribution in [3.8, 4) is 0 Å². The number of hydrogen-bond acceptors (Lipinski definition) is 3. The van der Waals surface area contributed by atoms with Crippen molar-refractivity contribution in [2.24, 2.45) is 4.99 Å². The van der Waals surface area contributed by atoms with Crippen molar-refractivity contribution in [1.82, 2.24) is 25.3 Å². The van der Waals surface area contributed by atoms with Gasteiger partial charge in [-0.3, -0.25) is 9.67 Å². The zero-order valence-electron chi connectivity index (χ0n) is 16.4. The molecule has 0 aliphatic rings. The van der Waals surface area contributed by atoms with Gasteiger partial charge in [0.05, 0.1) is 6.04 Å².